The first-order chi connectivity index (χ1) is 13.7. The van der Waals surface area contributed by atoms with E-state index in [-0.39, 0.29) is 17.6 Å². The molecule has 3 aromatic rings. The average molecular weight is 394 g/mol. The van der Waals surface area contributed by atoms with Gasteiger partial charge in [-0.3, -0.25) is 9.59 Å². The molecule has 29 heavy (non-hydrogen) atoms. The van der Waals surface area contributed by atoms with Crippen molar-refractivity contribution in [1.82, 2.24) is 15.1 Å². The molecule has 0 aliphatic rings. The fourth-order valence-corrected chi connectivity index (χ4v) is 3.22. The average Bonchev–Trinajstić information content (AvgIpc) is 3.28. The SMILES string of the molecule is Cc1cc(C)cc(-n2nc(C)cc2NC(=O)[C@H](NC(=O)c2ccco2)C(C)C)c1. The molecule has 1 atom stereocenters. The van der Waals surface area contributed by atoms with Gasteiger partial charge in [0.1, 0.15) is 11.9 Å². The van der Waals surface area contributed by atoms with Gasteiger partial charge in [-0.25, -0.2) is 4.68 Å². The Labute approximate surface area is 170 Å². The van der Waals surface area contributed by atoms with Gasteiger partial charge in [-0.15, -0.1) is 0 Å². The van der Waals surface area contributed by atoms with Crippen LogP contribution in [0.3, 0.4) is 0 Å². The van der Waals surface area contributed by atoms with E-state index in [0.717, 1.165) is 22.5 Å². The Morgan fingerprint density at radius 3 is 2.34 bits per heavy atom. The standard InChI is InChI=1S/C22H26N4O3/c1-13(2)20(24-21(27)18-7-6-8-29-18)22(28)23-19-12-16(5)25-26(19)17-10-14(3)9-15(4)11-17/h6-13,20H,1-5H3,(H,23,28)(H,24,27)/t20-/m1/s1. The largest absolute Gasteiger partial charge is 0.459 e. The maximum Gasteiger partial charge on any atom is 0.287 e. The Morgan fingerprint density at radius 2 is 1.76 bits per heavy atom. The second-order valence-corrected chi connectivity index (χ2v) is 7.59. The number of carbonyl (C=O) groups is 2. The molecule has 7 nitrogen and oxygen atoms in total. The minimum atomic E-state index is -0.726. The highest BCUT2D eigenvalue weighted by Gasteiger charge is 2.26. The third-order valence-corrected chi connectivity index (χ3v) is 4.51. The first-order valence-corrected chi connectivity index (χ1v) is 9.55. The van der Waals surface area contributed by atoms with Crippen LogP contribution in [0, 0.1) is 26.7 Å². The Kier molecular flexibility index (Phi) is 5.87. The number of benzene rings is 1. The van der Waals surface area contributed by atoms with E-state index in [2.05, 4.69) is 21.8 Å². The third kappa shape index (κ3) is 4.74. The lowest BCUT2D eigenvalue weighted by Gasteiger charge is -2.21. The Bertz CT molecular complexity index is 999. The third-order valence-electron chi connectivity index (χ3n) is 4.51. The van der Waals surface area contributed by atoms with Crippen molar-refractivity contribution in [2.24, 2.45) is 5.92 Å². The van der Waals surface area contributed by atoms with Gasteiger partial charge in [0.25, 0.3) is 5.91 Å². The number of nitrogens with zero attached hydrogens (tertiary/aromatic N) is 2. The number of hydrogen-bond acceptors (Lipinski definition) is 4. The molecule has 2 heterocycles. The number of nitrogens with one attached hydrogen (secondary N) is 2. The second-order valence-electron chi connectivity index (χ2n) is 7.59. The van der Waals surface area contributed by atoms with Crippen molar-refractivity contribution in [3.05, 3.63) is 65.2 Å². The second kappa shape index (κ2) is 8.34. The highest BCUT2D eigenvalue weighted by molar-refractivity contribution is 6.00. The first-order valence-electron chi connectivity index (χ1n) is 9.55. The van der Waals surface area contributed by atoms with Crippen molar-refractivity contribution in [2.45, 2.75) is 40.7 Å². The monoisotopic (exact) mass is 394 g/mol. The van der Waals surface area contributed by atoms with E-state index < -0.39 is 11.9 Å². The molecule has 2 aromatic heterocycles. The van der Waals surface area contributed by atoms with Crippen molar-refractivity contribution in [1.29, 1.82) is 0 Å². The molecule has 0 saturated carbocycles. The molecule has 0 spiro atoms. The molecule has 0 aliphatic heterocycles. The van der Waals surface area contributed by atoms with E-state index >= 15 is 0 Å². The van der Waals surface area contributed by atoms with Gasteiger partial charge in [-0.2, -0.15) is 5.10 Å². The normalized spacial score (nSPS) is 12.1. The molecule has 0 saturated heterocycles. The summed E-state index contributed by atoms with van der Waals surface area (Å²) in [6.45, 7) is 9.65. The predicted molar refractivity (Wildman–Crippen MR) is 111 cm³/mol. The van der Waals surface area contributed by atoms with Gasteiger partial charge >= 0.3 is 0 Å². The number of anilines is 1. The first kappa shape index (κ1) is 20.4. The summed E-state index contributed by atoms with van der Waals surface area (Å²) in [6, 6.07) is 10.4. The van der Waals surface area contributed by atoms with Gasteiger partial charge in [0.2, 0.25) is 5.91 Å². The molecule has 2 amide bonds. The molecule has 152 valence electrons. The molecule has 0 bridgehead atoms. The number of aryl methyl sites for hydroxylation is 3. The summed E-state index contributed by atoms with van der Waals surface area (Å²) in [5.74, 6) is -0.143. The van der Waals surface area contributed by atoms with Crippen LogP contribution in [-0.2, 0) is 4.79 Å². The van der Waals surface area contributed by atoms with Crippen molar-refractivity contribution in [3.63, 3.8) is 0 Å². The molecular formula is C22H26N4O3. The maximum absolute atomic E-state index is 13.0. The van der Waals surface area contributed by atoms with Gasteiger partial charge in [0.05, 0.1) is 17.6 Å². The molecular weight excluding hydrogens is 368 g/mol. The van der Waals surface area contributed by atoms with Crippen LogP contribution < -0.4 is 10.6 Å². The summed E-state index contributed by atoms with van der Waals surface area (Å²) in [4.78, 5) is 25.3. The zero-order valence-corrected chi connectivity index (χ0v) is 17.3. The van der Waals surface area contributed by atoms with E-state index in [4.69, 9.17) is 4.42 Å². The van der Waals surface area contributed by atoms with Crippen molar-refractivity contribution < 1.29 is 14.0 Å². The molecule has 0 unspecified atom stereocenters. The van der Waals surface area contributed by atoms with Gasteiger partial charge < -0.3 is 15.1 Å². The zero-order chi connectivity index (χ0) is 21.1. The van der Waals surface area contributed by atoms with Crippen molar-refractivity contribution >= 4 is 17.6 Å². The predicted octanol–water partition coefficient (Wildman–Crippen LogP) is 3.78. The topological polar surface area (TPSA) is 89.2 Å². The number of furan rings is 1. The lowest BCUT2D eigenvalue weighted by Crippen LogP contribution is -2.47. The van der Waals surface area contributed by atoms with Gasteiger partial charge in [0.15, 0.2) is 5.76 Å². The summed E-state index contributed by atoms with van der Waals surface area (Å²) < 4.78 is 6.83. The molecule has 3 rings (SSSR count). The van der Waals surface area contributed by atoms with Gasteiger partial charge in [-0.05, 0) is 62.1 Å². The van der Waals surface area contributed by atoms with Gasteiger partial charge in [-0.1, -0.05) is 19.9 Å². The van der Waals surface area contributed by atoms with Crippen LogP contribution in [-0.4, -0.2) is 27.6 Å². The van der Waals surface area contributed by atoms with Crippen molar-refractivity contribution in [3.8, 4) is 5.69 Å². The van der Waals surface area contributed by atoms with Crippen LogP contribution in [0.25, 0.3) is 5.69 Å². The van der Waals surface area contributed by atoms with Crippen molar-refractivity contribution in [2.75, 3.05) is 5.32 Å². The van der Waals surface area contributed by atoms with E-state index in [1.165, 1.54) is 6.26 Å². The van der Waals surface area contributed by atoms with Crippen LogP contribution in [0.5, 0.6) is 0 Å². The van der Waals surface area contributed by atoms with Crippen LogP contribution in [0.2, 0.25) is 0 Å². The van der Waals surface area contributed by atoms with E-state index in [1.54, 1.807) is 22.9 Å². The maximum atomic E-state index is 13.0. The fraction of sp³-hybridized carbons (Fsp3) is 0.318. The smallest absolute Gasteiger partial charge is 0.287 e. The Morgan fingerprint density at radius 1 is 1.07 bits per heavy atom. The number of amides is 2. The number of carbonyl (C=O) groups excluding carboxylic acids is 2. The van der Waals surface area contributed by atoms with Crippen LogP contribution >= 0.6 is 0 Å². The molecule has 2 N–H and O–H groups in total. The summed E-state index contributed by atoms with van der Waals surface area (Å²) >= 11 is 0. The number of aromatic nitrogens is 2. The molecule has 1 aromatic carbocycles. The number of hydrogen-bond donors (Lipinski definition) is 2. The van der Waals surface area contributed by atoms with E-state index in [0.29, 0.717) is 5.82 Å². The van der Waals surface area contributed by atoms with Crippen LogP contribution in [0.1, 0.15) is 41.2 Å². The summed E-state index contributed by atoms with van der Waals surface area (Å²) in [5.41, 5.74) is 3.86. The zero-order valence-electron chi connectivity index (χ0n) is 17.3. The lowest BCUT2D eigenvalue weighted by molar-refractivity contribution is -0.118. The lowest BCUT2D eigenvalue weighted by atomic mass is 10.0. The van der Waals surface area contributed by atoms with Crippen LogP contribution in [0.15, 0.2) is 47.1 Å². The Hall–Kier alpha value is -3.35. The molecule has 0 radical (unpaired) electrons. The minimum Gasteiger partial charge on any atom is -0.459 e. The fourth-order valence-electron chi connectivity index (χ4n) is 3.22. The highest BCUT2D eigenvalue weighted by Crippen LogP contribution is 2.20. The van der Waals surface area contributed by atoms with Gasteiger partial charge in [0, 0.05) is 6.07 Å². The minimum absolute atomic E-state index is 0.118. The molecule has 7 heteroatoms. The highest BCUT2D eigenvalue weighted by atomic mass is 16.3. The molecule has 0 aliphatic carbocycles. The summed E-state index contributed by atoms with van der Waals surface area (Å²) in [6.07, 6.45) is 1.42. The molecule has 0 fully saturated rings. The van der Waals surface area contributed by atoms with E-state index in [1.807, 2.05) is 46.8 Å². The summed E-state index contributed by atoms with van der Waals surface area (Å²) in [7, 11) is 0. The van der Waals surface area contributed by atoms with Crippen LogP contribution in [0.4, 0.5) is 5.82 Å². The van der Waals surface area contributed by atoms with E-state index in [9.17, 15) is 9.59 Å². The Balaban J connectivity index is 1.84. The quantitative estimate of drug-likeness (QED) is 0.666. The number of rotatable bonds is 6. The summed E-state index contributed by atoms with van der Waals surface area (Å²) in [5, 5.41) is 10.2.